The van der Waals surface area contributed by atoms with Gasteiger partial charge in [0, 0.05) is 40.8 Å². The van der Waals surface area contributed by atoms with Crippen LogP contribution >= 0.6 is 0 Å². The lowest BCUT2D eigenvalue weighted by molar-refractivity contribution is -0.138. The van der Waals surface area contributed by atoms with E-state index in [0.717, 1.165) is 52.9 Å². The second-order valence-electron chi connectivity index (χ2n) is 9.59. The summed E-state index contributed by atoms with van der Waals surface area (Å²) in [5, 5.41) is 6.72. The van der Waals surface area contributed by atoms with Crippen LogP contribution in [0, 0.1) is 0 Å². The fraction of sp³-hybridized carbons (Fsp3) is 0.241. The lowest BCUT2D eigenvalue weighted by Gasteiger charge is -2.37. The number of alkyl halides is 6. The number of nitrogens with one attached hydrogen (secondary N) is 3. The molecule has 1 saturated heterocycles. The number of aromatic nitrogens is 1. The second kappa shape index (κ2) is 10.5. The molecule has 1 aromatic heterocycles. The summed E-state index contributed by atoms with van der Waals surface area (Å²) in [4.78, 5) is 30.1. The Labute approximate surface area is 224 Å². The number of ketones is 2. The summed E-state index contributed by atoms with van der Waals surface area (Å²) in [6.07, 6.45) is -7.69. The van der Waals surface area contributed by atoms with E-state index in [4.69, 9.17) is 0 Å². The van der Waals surface area contributed by atoms with E-state index in [1.54, 1.807) is 6.20 Å². The van der Waals surface area contributed by atoms with Crippen molar-refractivity contribution >= 4 is 22.5 Å². The van der Waals surface area contributed by atoms with Gasteiger partial charge in [-0.25, -0.2) is 0 Å². The topological polar surface area (TPSA) is 74.0 Å². The SMILES string of the molecule is O=C(c1ccccc1C(F)(F)F)C1CNC(Cc2c[nH]c3ccccc23)C(C(=O)c2ccccc2C(F)(F)F)N1. The highest BCUT2D eigenvalue weighted by molar-refractivity contribution is 6.05. The van der Waals surface area contributed by atoms with Gasteiger partial charge < -0.3 is 10.3 Å². The van der Waals surface area contributed by atoms with Gasteiger partial charge in [-0.3, -0.25) is 14.9 Å². The molecule has 0 amide bonds. The third-order valence-electron chi connectivity index (χ3n) is 7.08. The lowest BCUT2D eigenvalue weighted by atomic mass is 9.87. The van der Waals surface area contributed by atoms with Crippen molar-refractivity contribution in [2.75, 3.05) is 6.54 Å². The number of carbonyl (C=O) groups excluding carboxylic acids is 2. The first kappa shape index (κ1) is 27.6. The van der Waals surface area contributed by atoms with Crippen LogP contribution in [0.5, 0.6) is 0 Å². The lowest BCUT2D eigenvalue weighted by Crippen LogP contribution is -2.66. The summed E-state index contributed by atoms with van der Waals surface area (Å²) in [6.45, 7) is -0.136. The van der Waals surface area contributed by atoms with Crippen molar-refractivity contribution in [1.82, 2.24) is 15.6 Å². The van der Waals surface area contributed by atoms with Crippen molar-refractivity contribution in [3.63, 3.8) is 0 Å². The summed E-state index contributed by atoms with van der Waals surface area (Å²) < 4.78 is 82.2. The maximum absolute atomic E-state index is 13.8. The zero-order valence-electron chi connectivity index (χ0n) is 20.7. The molecule has 11 heteroatoms. The zero-order chi connectivity index (χ0) is 28.7. The maximum atomic E-state index is 13.8. The van der Waals surface area contributed by atoms with Gasteiger partial charge in [-0.05, 0) is 30.2 Å². The number of hydrogen-bond acceptors (Lipinski definition) is 4. The first-order valence-electron chi connectivity index (χ1n) is 12.4. The summed E-state index contributed by atoms with van der Waals surface area (Å²) in [7, 11) is 0. The van der Waals surface area contributed by atoms with Crippen LogP contribution < -0.4 is 10.6 Å². The van der Waals surface area contributed by atoms with Crippen molar-refractivity contribution in [1.29, 1.82) is 0 Å². The highest BCUT2D eigenvalue weighted by Crippen LogP contribution is 2.34. The van der Waals surface area contributed by atoms with E-state index in [1.807, 2.05) is 24.3 Å². The molecule has 0 spiro atoms. The monoisotopic (exact) mass is 559 g/mol. The third-order valence-corrected chi connectivity index (χ3v) is 7.08. The molecule has 5 nitrogen and oxygen atoms in total. The van der Waals surface area contributed by atoms with Gasteiger partial charge >= 0.3 is 12.4 Å². The summed E-state index contributed by atoms with van der Waals surface area (Å²) >= 11 is 0. The number of rotatable bonds is 6. The number of H-pyrrole nitrogens is 1. The quantitative estimate of drug-likeness (QED) is 0.206. The molecule has 3 N–H and O–H groups in total. The Hall–Kier alpha value is -3.96. The molecule has 3 unspecified atom stereocenters. The molecule has 40 heavy (non-hydrogen) atoms. The number of Topliss-reactive ketones (excluding diaryl/α,β-unsaturated/α-hetero) is 2. The van der Waals surface area contributed by atoms with E-state index in [-0.39, 0.29) is 13.0 Å². The fourth-order valence-corrected chi connectivity index (χ4v) is 5.18. The predicted molar refractivity (Wildman–Crippen MR) is 136 cm³/mol. The van der Waals surface area contributed by atoms with Gasteiger partial charge in [0.15, 0.2) is 11.6 Å². The number of hydrogen-bond donors (Lipinski definition) is 3. The number of para-hydroxylation sites is 1. The molecule has 1 fully saturated rings. The van der Waals surface area contributed by atoms with Crippen LogP contribution in [0.15, 0.2) is 79.0 Å². The Kier molecular flexibility index (Phi) is 7.28. The van der Waals surface area contributed by atoms with Crippen LogP contribution in [0.3, 0.4) is 0 Å². The number of benzene rings is 3. The Balaban J connectivity index is 1.51. The van der Waals surface area contributed by atoms with Crippen molar-refractivity contribution < 1.29 is 35.9 Å². The highest BCUT2D eigenvalue weighted by Gasteiger charge is 2.43. The largest absolute Gasteiger partial charge is 0.417 e. The van der Waals surface area contributed by atoms with Crippen molar-refractivity contribution in [3.8, 4) is 0 Å². The van der Waals surface area contributed by atoms with Crippen LogP contribution in [-0.2, 0) is 18.8 Å². The van der Waals surface area contributed by atoms with Crippen molar-refractivity contribution in [3.05, 3.63) is 107 Å². The van der Waals surface area contributed by atoms with Crippen LogP contribution in [0.2, 0.25) is 0 Å². The maximum Gasteiger partial charge on any atom is 0.417 e. The van der Waals surface area contributed by atoms with Crippen molar-refractivity contribution in [2.24, 2.45) is 0 Å². The first-order valence-corrected chi connectivity index (χ1v) is 12.4. The van der Waals surface area contributed by atoms with Gasteiger partial charge in [-0.2, -0.15) is 26.3 Å². The zero-order valence-corrected chi connectivity index (χ0v) is 20.7. The Bertz CT molecular complexity index is 1560. The van der Waals surface area contributed by atoms with Crippen molar-refractivity contribution in [2.45, 2.75) is 36.9 Å². The number of halogens is 6. The fourth-order valence-electron chi connectivity index (χ4n) is 5.18. The summed E-state index contributed by atoms with van der Waals surface area (Å²) in [5.74, 6) is -1.85. The van der Waals surface area contributed by atoms with Gasteiger partial charge in [0.2, 0.25) is 0 Å². The molecule has 4 aromatic rings. The number of piperazine rings is 1. The standard InChI is InChI=1S/C29H23F6N3O2/c30-28(31,32)20-10-4-1-8-18(20)26(39)24-15-37-23(13-16-14-36-22-12-6-3-7-17(16)22)25(38-24)27(40)19-9-2-5-11-21(19)29(33,34)35/h1-12,14,23-25,36-38H,13,15H2. The average molecular weight is 560 g/mol. The number of carbonyl (C=O) groups is 2. The van der Waals surface area contributed by atoms with Gasteiger partial charge in [0.25, 0.3) is 0 Å². The van der Waals surface area contributed by atoms with Gasteiger partial charge in [-0.1, -0.05) is 54.6 Å². The molecule has 0 saturated carbocycles. The molecular weight excluding hydrogens is 536 g/mol. The predicted octanol–water partition coefficient (Wildman–Crippen LogP) is 5.81. The smallest absolute Gasteiger partial charge is 0.361 e. The van der Waals surface area contributed by atoms with E-state index >= 15 is 0 Å². The molecule has 0 bridgehead atoms. The minimum atomic E-state index is -4.82. The van der Waals surface area contributed by atoms with E-state index in [0.29, 0.717) is 0 Å². The Morgan fingerprint density at radius 2 is 1.30 bits per heavy atom. The highest BCUT2D eigenvalue weighted by atomic mass is 19.4. The molecule has 1 aliphatic rings. The minimum Gasteiger partial charge on any atom is -0.361 e. The van der Waals surface area contributed by atoms with Gasteiger partial charge in [0.05, 0.1) is 23.2 Å². The molecule has 3 atom stereocenters. The number of aromatic amines is 1. The summed E-state index contributed by atoms with van der Waals surface area (Å²) in [6, 6.07) is 12.5. The normalized spacial score (nSPS) is 20.0. The van der Waals surface area contributed by atoms with E-state index < -0.39 is 64.3 Å². The molecule has 208 valence electrons. The van der Waals surface area contributed by atoms with E-state index in [9.17, 15) is 35.9 Å². The molecule has 0 aliphatic carbocycles. The van der Waals surface area contributed by atoms with Crippen LogP contribution in [-0.4, -0.2) is 41.2 Å². The van der Waals surface area contributed by atoms with Crippen LogP contribution in [0.1, 0.15) is 37.4 Å². The first-order chi connectivity index (χ1) is 18.9. The van der Waals surface area contributed by atoms with E-state index in [2.05, 4.69) is 15.6 Å². The molecule has 2 heterocycles. The van der Waals surface area contributed by atoms with Gasteiger partial charge in [-0.15, -0.1) is 0 Å². The molecule has 0 radical (unpaired) electrons. The van der Waals surface area contributed by atoms with Crippen LogP contribution in [0.4, 0.5) is 26.3 Å². The Morgan fingerprint density at radius 3 is 1.93 bits per heavy atom. The van der Waals surface area contributed by atoms with Crippen LogP contribution in [0.25, 0.3) is 10.9 Å². The average Bonchev–Trinajstić information content (AvgIpc) is 3.34. The molecule has 3 aromatic carbocycles. The summed E-state index contributed by atoms with van der Waals surface area (Å²) in [5.41, 5.74) is -1.85. The van der Waals surface area contributed by atoms with Gasteiger partial charge in [0.1, 0.15) is 0 Å². The minimum absolute atomic E-state index is 0.136. The molecule has 1 aliphatic heterocycles. The second-order valence-corrected chi connectivity index (χ2v) is 9.59. The van der Waals surface area contributed by atoms with E-state index in [1.165, 1.54) is 12.1 Å². The third kappa shape index (κ3) is 5.39. The molecular formula is C29H23F6N3O2. The number of fused-ring (bicyclic) bond motifs is 1. The Morgan fingerprint density at radius 1 is 0.750 bits per heavy atom. The molecule has 5 rings (SSSR count).